The predicted octanol–water partition coefficient (Wildman–Crippen LogP) is 3.94. The molecule has 1 fully saturated rings. The Morgan fingerprint density at radius 1 is 1.21 bits per heavy atom. The van der Waals surface area contributed by atoms with E-state index in [1.54, 1.807) is 6.26 Å². The summed E-state index contributed by atoms with van der Waals surface area (Å²) in [6, 6.07) is 8.13. The van der Waals surface area contributed by atoms with E-state index >= 15 is 0 Å². The van der Waals surface area contributed by atoms with Crippen LogP contribution in [0.5, 0.6) is 0 Å². The summed E-state index contributed by atoms with van der Waals surface area (Å²) < 4.78 is 5.41. The van der Waals surface area contributed by atoms with Crippen molar-refractivity contribution in [3.05, 3.63) is 48.7 Å². The van der Waals surface area contributed by atoms with E-state index in [1.165, 1.54) is 18.5 Å². The number of nitrogens with one attached hydrogen (secondary N) is 2. The van der Waals surface area contributed by atoms with Crippen molar-refractivity contribution in [1.82, 2.24) is 15.6 Å². The Kier molecular flexibility index (Phi) is 10.3. The maximum absolute atomic E-state index is 5.41. The lowest BCUT2D eigenvalue weighted by molar-refractivity contribution is 0.400. The number of aromatic nitrogens is 1. The number of hydrogen-bond acceptors (Lipinski definition) is 4. The first-order valence-corrected chi connectivity index (χ1v) is 10.4. The summed E-state index contributed by atoms with van der Waals surface area (Å²) in [5.41, 5.74) is 1.28. The molecule has 0 unspecified atom stereocenters. The number of aliphatic imine (C=N–C) groups is 1. The number of halogens is 1. The average molecular weight is 511 g/mol. The van der Waals surface area contributed by atoms with E-state index in [4.69, 9.17) is 9.41 Å². The first-order chi connectivity index (χ1) is 13.7. The summed E-state index contributed by atoms with van der Waals surface area (Å²) in [6.07, 6.45) is 8.71. The van der Waals surface area contributed by atoms with Crippen molar-refractivity contribution in [2.75, 3.05) is 37.6 Å². The van der Waals surface area contributed by atoms with Crippen LogP contribution in [0, 0.1) is 11.8 Å². The lowest BCUT2D eigenvalue weighted by atomic mass is 9.96. The number of pyridine rings is 1. The van der Waals surface area contributed by atoms with Crippen LogP contribution in [0.2, 0.25) is 0 Å². The maximum atomic E-state index is 5.41. The Morgan fingerprint density at radius 2 is 1.97 bits per heavy atom. The number of guanidine groups is 1. The Hall–Kier alpha value is -1.77. The quantitative estimate of drug-likeness (QED) is 0.319. The Balaban J connectivity index is 0.00000300. The van der Waals surface area contributed by atoms with Gasteiger partial charge in [0.05, 0.1) is 6.26 Å². The molecule has 1 saturated heterocycles. The second-order valence-electron chi connectivity index (χ2n) is 7.86. The number of piperidine rings is 1. The topological polar surface area (TPSA) is 65.7 Å². The number of hydrogen-bond donors (Lipinski definition) is 2. The third-order valence-electron chi connectivity index (χ3n) is 5.06. The number of anilines is 1. The predicted molar refractivity (Wildman–Crippen MR) is 130 cm³/mol. The van der Waals surface area contributed by atoms with Crippen LogP contribution in [-0.2, 0) is 6.42 Å². The first-order valence-electron chi connectivity index (χ1n) is 10.4. The van der Waals surface area contributed by atoms with Gasteiger partial charge in [0.2, 0.25) is 0 Å². The summed E-state index contributed by atoms with van der Waals surface area (Å²) in [5, 5.41) is 7.01. The Labute approximate surface area is 191 Å². The van der Waals surface area contributed by atoms with Gasteiger partial charge in [0.1, 0.15) is 5.76 Å². The van der Waals surface area contributed by atoms with E-state index in [0.29, 0.717) is 11.8 Å². The van der Waals surface area contributed by atoms with Crippen LogP contribution >= 0.6 is 24.0 Å². The minimum atomic E-state index is 0. The van der Waals surface area contributed by atoms with Crippen molar-refractivity contribution in [3.8, 4) is 0 Å². The lowest BCUT2D eigenvalue weighted by Gasteiger charge is -2.33. The SMILES string of the molecule is CC(C)CN=C(NCCc1ccco1)NCC1CCN(c2ccncc2)CC1.I. The molecule has 0 amide bonds. The van der Waals surface area contributed by atoms with Crippen LogP contribution in [0.1, 0.15) is 32.4 Å². The Bertz CT molecular complexity index is 697. The van der Waals surface area contributed by atoms with Gasteiger partial charge in [0.15, 0.2) is 5.96 Å². The average Bonchev–Trinajstić information content (AvgIpc) is 3.24. The minimum Gasteiger partial charge on any atom is -0.469 e. The first kappa shape index (κ1) is 23.5. The fourth-order valence-electron chi connectivity index (χ4n) is 3.40. The van der Waals surface area contributed by atoms with Crippen LogP contribution in [0.3, 0.4) is 0 Å². The van der Waals surface area contributed by atoms with Gasteiger partial charge >= 0.3 is 0 Å². The highest BCUT2D eigenvalue weighted by molar-refractivity contribution is 14.0. The molecule has 0 bridgehead atoms. The molecule has 3 heterocycles. The summed E-state index contributed by atoms with van der Waals surface area (Å²) in [4.78, 5) is 11.3. The van der Waals surface area contributed by atoms with Gasteiger partial charge in [0, 0.05) is 57.2 Å². The van der Waals surface area contributed by atoms with Crippen LogP contribution in [0.25, 0.3) is 0 Å². The summed E-state index contributed by atoms with van der Waals surface area (Å²) in [7, 11) is 0. The molecular formula is C22H34IN5O. The molecule has 0 atom stereocenters. The smallest absolute Gasteiger partial charge is 0.191 e. The van der Waals surface area contributed by atoms with E-state index in [-0.39, 0.29) is 24.0 Å². The van der Waals surface area contributed by atoms with Gasteiger partial charge in [-0.15, -0.1) is 24.0 Å². The van der Waals surface area contributed by atoms with Crippen molar-refractivity contribution < 1.29 is 4.42 Å². The summed E-state index contributed by atoms with van der Waals surface area (Å²) in [5.74, 6) is 3.14. The highest BCUT2D eigenvalue weighted by Crippen LogP contribution is 2.22. The van der Waals surface area contributed by atoms with Gasteiger partial charge in [-0.2, -0.15) is 0 Å². The van der Waals surface area contributed by atoms with Crippen molar-refractivity contribution >= 4 is 35.6 Å². The molecule has 2 N–H and O–H groups in total. The molecule has 160 valence electrons. The highest BCUT2D eigenvalue weighted by Gasteiger charge is 2.19. The molecule has 1 aliphatic rings. The number of nitrogens with zero attached hydrogens (tertiary/aromatic N) is 3. The van der Waals surface area contributed by atoms with Crippen molar-refractivity contribution in [1.29, 1.82) is 0 Å². The zero-order valence-electron chi connectivity index (χ0n) is 17.5. The van der Waals surface area contributed by atoms with E-state index < -0.39 is 0 Å². The molecular weight excluding hydrogens is 477 g/mol. The molecule has 0 spiro atoms. The lowest BCUT2D eigenvalue weighted by Crippen LogP contribution is -2.43. The minimum absolute atomic E-state index is 0. The Morgan fingerprint density at radius 3 is 2.62 bits per heavy atom. The van der Waals surface area contributed by atoms with Gasteiger partial charge in [-0.25, -0.2) is 0 Å². The molecule has 0 saturated carbocycles. The fraction of sp³-hybridized carbons (Fsp3) is 0.545. The summed E-state index contributed by atoms with van der Waals surface area (Å²) in [6.45, 7) is 9.20. The number of furan rings is 1. The third-order valence-corrected chi connectivity index (χ3v) is 5.06. The molecule has 2 aromatic heterocycles. The van der Waals surface area contributed by atoms with Crippen LogP contribution < -0.4 is 15.5 Å². The third kappa shape index (κ3) is 8.24. The highest BCUT2D eigenvalue weighted by atomic mass is 127. The summed E-state index contributed by atoms with van der Waals surface area (Å²) >= 11 is 0. The zero-order valence-corrected chi connectivity index (χ0v) is 19.8. The number of rotatable bonds is 8. The molecule has 0 radical (unpaired) electrons. The van der Waals surface area contributed by atoms with Gasteiger partial charge in [-0.1, -0.05) is 13.8 Å². The van der Waals surface area contributed by atoms with Gasteiger partial charge < -0.3 is 20.0 Å². The van der Waals surface area contributed by atoms with Crippen molar-refractivity contribution in [2.45, 2.75) is 33.1 Å². The van der Waals surface area contributed by atoms with Crippen LogP contribution in [0.15, 0.2) is 52.3 Å². The maximum Gasteiger partial charge on any atom is 0.191 e. The second-order valence-corrected chi connectivity index (χ2v) is 7.86. The van der Waals surface area contributed by atoms with E-state index in [0.717, 1.165) is 50.9 Å². The zero-order chi connectivity index (χ0) is 19.6. The molecule has 7 heteroatoms. The van der Waals surface area contributed by atoms with Crippen molar-refractivity contribution in [2.24, 2.45) is 16.8 Å². The van der Waals surface area contributed by atoms with Crippen LogP contribution in [0.4, 0.5) is 5.69 Å². The monoisotopic (exact) mass is 511 g/mol. The van der Waals surface area contributed by atoms with Crippen LogP contribution in [-0.4, -0.2) is 43.7 Å². The van der Waals surface area contributed by atoms with Crippen molar-refractivity contribution in [3.63, 3.8) is 0 Å². The molecule has 3 rings (SSSR count). The molecule has 29 heavy (non-hydrogen) atoms. The fourth-order valence-corrected chi connectivity index (χ4v) is 3.40. The molecule has 0 aliphatic carbocycles. The molecule has 0 aromatic carbocycles. The second kappa shape index (κ2) is 12.7. The molecule has 2 aromatic rings. The van der Waals surface area contributed by atoms with Gasteiger partial charge in [-0.3, -0.25) is 9.98 Å². The van der Waals surface area contributed by atoms with E-state index in [2.05, 4.69) is 46.5 Å². The van der Waals surface area contributed by atoms with Gasteiger partial charge in [-0.05, 0) is 48.9 Å². The standard InChI is InChI=1S/C22H33N5O.HI/c1-18(2)16-25-22(24-12-7-21-4-3-15-28-21)26-17-19-8-13-27(14-9-19)20-5-10-23-11-6-20;/h3-6,10-11,15,18-19H,7-9,12-14,16-17H2,1-2H3,(H2,24,25,26);1H. The van der Waals surface area contributed by atoms with Gasteiger partial charge in [0.25, 0.3) is 0 Å². The van der Waals surface area contributed by atoms with E-state index in [9.17, 15) is 0 Å². The molecule has 6 nitrogen and oxygen atoms in total. The molecule has 1 aliphatic heterocycles. The van der Waals surface area contributed by atoms with E-state index in [1.807, 2.05) is 24.5 Å². The largest absolute Gasteiger partial charge is 0.469 e. The normalized spacial score (nSPS) is 15.3.